The van der Waals surface area contributed by atoms with Gasteiger partial charge in [0.05, 0.1) is 6.61 Å². The van der Waals surface area contributed by atoms with E-state index < -0.39 is 0 Å². The number of aryl methyl sites for hydroxylation is 1. The van der Waals surface area contributed by atoms with Gasteiger partial charge in [0.2, 0.25) is 5.91 Å². The molecule has 0 bridgehead atoms. The van der Waals surface area contributed by atoms with Gasteiger partial charge in [-0.25, -0.2) is 0 Å². The standard InChI is InChI=1S/C21H26N2O3/c1-16-6-12-19(13-7-16)26-14-4-5-20(24)23(3)15-17-8-10-18(11-9-17)21(25)22-2/h6-13H,4-5,14-15H2,1-3H3,(H,22,25). The maximum atomic E-state index is 12.2. The number of amides is 2. The van der Waals surface area contributed by atoms with Crippen molar-refractivity contribution in [1.82, 2.24) is 10.2 Å². The molecule has 0 aliphatic carbocycles. The Bertz CT molecular complexity index is 724. The molecular formula is C21H26N2O3. The molecule has 0 unspecified atom stereocenters. The molecule has 0 saturated heterocycles. The number of rotatable bonds is 8. The van der Waals surface area contributed by atoms with Gasteiger partial charge in [-0.3, -0.25) is 9.59 Å². The molecule has 0 radical (unpaired) electrons. The Hall–Kier alpha value is -2.82. The van der Waals surface area contributed by atoms with Crippen molar-refractivity contribution in [1.29, 1.82) is 0 Å². The molecule has 0 heterocycles. The Morgan fingerprint density at radius 1 is 1.04 bits per heavy atom. The molecule has 0 fully saturated rings. The fraction of sp³-hybridized carbons (Fsp3) is 0.333. The van der Waals surface area contributed by atoms with Gasteiger partial charge < -0.3 is 15.0 Å². The average Bonchev–Trinajstić information content (AvgIpc) is 2.66. The van der Waals surface area contributed by atoms with Crippen LogP contribution in [0.2, 0.25) is 0 Å². The van der Waals surface area contributed by atoms with Gasteiger partial charge in [-0.05, 0) is 43.2 Å². The van der Waals surface area contributed by atoms with E-state index in [2.05, 4.69) is 5.32 Å². The van der Waals surface area contributed by atoms with Gasteiger partial charge in [-0.1, -0.05) is 29.8 Å². The number of ether oxygens (including phenoxy) is 1. The molecule has 2 rings (SSSR count). The third-order valence-corrected chi connectivity index (χ3v) is 4.11. The van der Waals surface area contributed by atoms with E-state index in [0.29, 0.717) is 31.6 Å². The number of hydrogen-bond donors (Lipinski definition) is 1. The van der Waals surface area contributed by atoms with E-state index in [9.17, 15) is 9.59 Å². The van der Waals surface area contributed by atoms with Gasteiger partial charge in [0, 0.05) is 32.6 Å². The summed E-state index contributed by atoms with van der Waals surface area (Å²) >= 11 is 0. The van der Waals surface area contributed by atoms with Crippen LogP contribution in [0.5, 0.6) is 5.75 Å². The predicted octanol–water partition coefficient (Wildman–Crippen LogP) is 3.17. The normalized spacial score (nSPS) is 10.3. The lowest BCUT2D eigenvalue weighted by atomic mass is 10.1. The van der Waals surface area contributed by atoms with Gasteiger partial charge in [0.25, 0.3) is 5.91 Å². The summed E-state index contributed by atoms with van der Waals surface area (Å²) in [5.41, 5.74) is 2.79. The predicted molar refractivity (Wildman–Crippen MR) is 102 cm³/mol. The molecule has 2 aromatic rings. The quantitative estimate of drug-likeness (QED) is 0.741. The summed E-state index contributed by atoms with van der Waals surface area (Å²) in [6, 6.07) is 15.2. The summed E-state index contributed by atoms with van der Waals surface area (Å²) in [7, 11) is 3.39. The van der Waals surface area contributed by atoms with Crippen LogP contribution in [-0.2, 0) is 11.3 Å². The number of carbonyl (C=O) groups excluding carboxylic acids is 2. The second-order valence-electron chi connectivity index (χ2n) is 6.29. The van der Waals surface area contributed by atoms with E-state index in [0.717, 1.165) is 11.3 Å². The maximum absolute atomic E-state index is 12.2. The van der Waals surface area contributed by atoms with E-state index >= 15 is 0 Å². The van der Waals surface area contributed by atoms with Gasteiger partial charge in [0.15, 0.2) is 0 Å². The maximum Gasteiger partial charge on any atom is 0.251 e. The Morgan fingerprint density at radius 2 is 1.69 bits per heavy atom. The second kappa shape index (κ2) is 9.61. The first-order chi connectivity index (χ1) is 12.5. The van der Waals surface area contributed by atoms with Gasteiger partial charge >= 0.3 is 0 Å². The Balaban J connectivity index is 1.73. The zero-order chi connectivity index (χ0) is 18.9. The summed E-state index contributed by atoms with van der Waals surface area (Å²) in [5, 5.41) is 2.59. The second-order valence-corrected chi connectivity index (χ2v) is 6.29. The number of nitrogens with zero attached hydrogens (tertiary/aromatic N) is 1. The monoisotopic (exact) mass is 354 g/mol. The fourth-order valence-corrected chi connectivity index (χ4v) is 2.51. The third-order valence-electron chi connectivity index (χ3n) is 4.11. The number of nitrogens with one attached hydrogen (secondary N) is 1. The van der Waals surface area contributed by atoms with Gasteiger partial charge in [-0.15, -0.1) is 0 Å². The molecule has 0 aliphatic heterocycles. The van der Waals surface area contributed by atoms with Crippen molar-refractivity contribution in [3.63, 3.8) is 0 Å². The zero-order valence-electron chi connectivity index (χ0n) is 15.6. The highest BCUT2D eigenvalue weighted by atomic mass is 16.5. The van der Waals surface area contributed by atoms with Crippen LogP contribution in [0.25, 0.3) is 0 Å². The molecular weight excluding hydrogens is 328 g/mol. The van der Waals surface area contributed by atoms with E-state index in [1.807, 2.05) is 43.3 Å². The molecule has 0 spiro atoms. The Kier molecular flexibility index (Phi) is 7.21. The van der Waals surface area contributed by atoms with Crippen LogP contribution in [0.3, 0.4) is 0 Å². The lowest BCUT2D eigenvalue weighted by Crippen LogP contribution is -2.26. The summed E-state index contributed by atoms with van der Waals surface area (Å²) < 4.78 is 5.65. The summed E-state index contributed by atoms with van der Waals surface area (Å²) in [4.78, 5) is 25.5. The minimum Gasteiger partial charge on any atom is -0.494 e. The Morgan fingerprint density at radius 3 is 2.31 bits per heavy atom. The zero-order valence-corrected chi connectivity index (χ0v) is 15.6. The molecule has 0 atom stereocenters. The van der Waals surface area contributed by atoms with Crippen molar-refractivity contribution in [2.45, 2.75) is 26.3 Å². The Labute approximate surface area is 155 Å². The molecule has 0 aliphatic rings. The number of benzene rings is 2. The molecule has 0 aromatic heterocycles. The highest BCUT2D eigenvalue weighted by Gasteiger charge is 2.10. The van der Waals surface area contributed by atoms with Crippen LogP contribution in [0.4, 0.5) is 0 Å². The molecule has 26 heavy (non-hydrogen) atoms. The van der Waals surface area contributed by atoms with Crippen LogP contribution < -0.4 is 10.1 Å². The van der Waals surface area contributed by atoms with E-state index in [1.165, 1.54) is 5.56 Å². The molecule has 2 amide bonds. The molecule has 1 N–H and O–H groups in total. The molecule has 2 aromatic carbocycles. The average molecular weight is 354 g/mol. The number of carbonyl (C=O) groups is 2. The molecule has 5 heteroatoms. The number of hydrogen-bond acceptors (Lipinski definition) is 3. The van der Waals surface area contributed by atoms with Gasteiger partial charge in [0.1, 0.15) is 5.75 Å². The first-order valence-corrected chi connectivity index (χ1v) is 8.74. The third kappa shape index (κ3) is 5.92. The van der Waals surface area contributed by atoms with Crippen molar-refractivity contribution in [2.24, 2.45) is 0 Å². The van der Waals surface area contributed by atoms with Crippen LogP contribution in [0, 0.1) is 6.92 Å². The summed E-state index contributed by atoms with van der Waals surface area (Å²) in [6.07, 6.45) is 1.12. The van der Waals surface area contributed by atoms with Crippen LogP contribution in [0.15, 0.2) is 48.5 Å². The minimum atomic E-state index is -0.116. The van der Waals surface area contributed by atoms with E-state index in [1.54, 1.807) is 31.1 Å². The largest absolute Gasteiger partial charge is 0.494 e. The van der Waals surface area contributed by atoms with E-state index in [-0.39, 0.29) is 11.8 Å². The SMILES string of the molecule is CNC(=O)c1ccc(CN(C)C(=O)CCCOc2ccc(C)cc2)cc1. The van der Waals surface area contributed by atoms with Crippen LogP contribution >= 0.6 is 0 Å². The topological polar surface area (TPSA) is 58.6 Å². The highest BCUT2D eigenvalue weighted by Crippen LogP contribution is 2.12. The smallest absolute Gasteiger partial charge is 0.251 e. The van der Waals surface area contributed by atoms with Crippen LogP contribution in [0.1, 0.15) is 34.3 Å². The molecule has 5 nitrogen and oxygen atoms in total. The van der Waals surface area contributed by atoms with E-state index in [4.69, 9.17) is 4.74 Å². The highest BCUT2D eigenvalue weighted by molar-refractivity contribution is 5.93. The molecule has 138 valence electrons. The lowest BCUT2D eigenvalue weighted by molar-refractivity contribution is -0.130. The molecule has 0 saturated carbocycles. The first kappa shape index (κ1) is 19.5. The van der Waals surface area contributed by atoms with Crippen molar-refractivity contribution >= 4 is 11.8 Å². The summed E-state index contributed by atoms with van der Waals surface area (Å²) in [5.74, 6) is 0.787. The van der Waals surface area contributed by atoms with Crippen molar-refractivity contribution in [3.05, 3.63) is 65.2 Å². The van der Waals surface area contributed by atoms with Crippen LogP contribution in [-0.4, -0.2) is 37.4 Å². The first-order valence-electron chi connectivity index (χ1n) is 8.74. The fourth-order valence-electron chi connectivity index (χ4n) is 2.51. The summed E-state index contributed by atoms with van der Waals surface area (Å²) in [6.45, 7) is 3.07. The van der Waals surface area contributed by atoms with Crippen molar-refractivity contribution < 1.29 is 14.3 Å². The minimum absolute atomic E-state index is 0.0767. The lowest BCUT2D eigenvalue weighted by Gasteiger charge is -2.17. The van der Waals surface area contributed by atoms with Crippen molar-refractivity contribution in [2.75, 3.05) is 20.7 Å². The van der Waals surface area contributed by atoms with Gasteiger partial charge in [-0.2, -0.15) is 0 Å². The van der Waals surface area contributed by atoms with Crippen molar-refractivity contribution in [3.8, 4) is 5.75 Å².